The number of methoxy groups -OCH3 is 1. The van der Waals surface area contributed by atoms with Crippen LogP contribution in [-0.4, -0.2) is 44.1 Å². The Hall–Kier alpha value is 0.400. The van der Waals surface area contributed by atoms with Crippen LogP contribution in [0, 0.1) is 5.41 Å². The molecule has 0 unspecified atom stereocenters. The molecule has 86 valence electrons. The molecule has 0 aromatic rings. The number of alkyl halides is 1. The van der Waals surface area contributed by atoms with Crippen LogP contribution in [0.1, 0.15) is 26.7 Å². The third kappa shape index (κ3) is 4.76. The van der Waals surface area contributed by atoms with Gasteiger partial charge in [0.25, 0.3) is 0 Å². The largest absolute Gasteiger partial charge is 0.383 e. The molecular weight excluding hydrogens is 242 g/mol. The quantitative estimate of drug-likeness (QED) is 0.626. The van der Waals surface area contributed by atoms with Crippen molar-refractivity contribution in [3.8, 4) is 0 Å². The molecule has 3 heteroatoms. The standard InChI is InChI=1S/C11H24BrNO/c1-5-11(6-2,9-12)10-13(3)7-8-14-4/h5-10H2,1-4H3. The Labute approximate surface area is 97.1 Å². The summed E-state index contributed by atoms with van der Waals surface area (Å²) in [6, 6.07) is 0. The molecule has 0 aliphatic rings. The topological polar surface area (TPSA) is 12.5 Å². The zero-order valence-electron chi connectivity index (χ0n) is 9.98. The summed E-state index contributed by atoms with van der Waals surface area (Å²) in [5.74, 6) is 0. The number of ether oxygens (including phenoxy) is 1. The van der Waals surface area contributed by atoms with Crippen molar-refractivity contribution in [2.45, 2.75) is 26.7 Å². The first kappa shape index (κ1) is 14.4. The van der Waals surface area contributed by atoms with Gasteiger partial charge in [-0.25, -0.2) is 0 Å². The molecule has 0 bridgehead atoms. The van der Waals surface area contributed by atoms with Crippen LogP contribution in [0.4, 0.5) is 0 Å². The van der Waals surface area contributed by atoms with E-state index in [2.05, 4.69) is 41.7 Å². The summed E-state index contributed by atoms with van der Waals surface area (Å²) >= 11 is 3.63. The molecule has 0 radical (unpaired) electrons. The van der Waals surface area contributed by atoms with Crippen LogP contribution in [0.15, 0.2) is 0 Å². The van der Waals surface area contributed by atoms with Gasteiger partial charge in [0.15, 0.2) is 0 Å². The number of rotatable bonds is 8. The van der Waals surface area contributed by atoms with E-state index in [9.17, 15) is 0 Å². The minimum atomic E-state index is 0.433. The highest BCUT2D eigenvalue weighted by Gasteiger charge is 2.26. The second-order valence-electron chi connectivity index (χ2n) is 4.07. The number of hydrogen-bond donors (Lipinski definition) is 0. The van der Waals surface area contributed by atoms with E-state index in [1.165, 1.54) is 12.8 Å². The lowest BCUT2D eigenvalue weighted by molar-refractivity contribution is 0.128. The Morgan fingerprint density at radius 2 is 1.86 bits per heavy atom. The molecule has 0 fully saturated rings. The molecule has 0 heterocycles. The molecule has 0 N–H and O–H groups in total. The summed E-state index contributed by atoms with van der Waals surface area (Å²) in [6.07, 6.45) is 2.46. The van der Waals surface area contributed by atoms with Crippen molar-refractivity contribution in [3.05, 3.63) is 0 Å². The normalized spacial score (nSPS) is 12.4. The summed E-state index contributed by atoms with van der Waals surface area (Å²) in [5.41, 5.74) is 0.433. The third-order valence-corrected chi connectivity index (χ3v) is 4.26. The molecule has 0 aromatic carbocycles. The van der Waals surface area contributed by atoms with Gasteiger partial charge in [-0.15, -0.1) is 0 Å². The van der Waals surface area contributed by atoms with Gasteiger partial charge < -0.3 is 9.64 Å². The van der Waals surface area contributed by atoms with Crippen molar-refractivity contribution >= 4 is 15.9 Å². The van der Waals surface area contributed by atoms with Crippen LogP contribution in [0.3, 0.4) is 0 Å². The molecular formula is C11H24BrNO. The van der Waals surface area contributed by atoms with Gasteiger partial charge in [-0.3, -0.25) is 0 Å². The number of likely N-dealkylation sites (N-methyl/N-ethyl adjacent to an activating group) is 1. The van der Waals surface area contributed by atoms with E-state index in [1.54, 1.807) is 7.11 Å². The van der Waals surface area contributed by atoms with Gasteiger partial charge >= 0.3 is 0 Å². The predicted octanol–water partition coefficient (Wildman–Crippen LogP) is 2.77. The molecule has 0 aromatic heterocycles. The Kier molecular flexibility index (Phi) is 7.88. The van der Waals surface area contributed by atoms with Gasteiger partial charge in [0.2, 0.25) is 0 Å². The smallest absolute Gasteiger partial charge is 0.0589 e. The zero-order chi connectivity index (χ0) is 11.0. The molecule has 14 heavy (non-hydrogen) atoms. The maximum Gasteiger partial charge on any atom is 0.0589 e. The number of hydrogen-bond acceptors (Lipinski definition) is 2. The summed E-state index contributed by atoms with van der Waals surface area (Å²) in [5, 5.41) is 1.09. The van der Waals surface area contributed by atoms with Crippen molar-refractivity contribution in [1.82, 2.24) is 4.90 Å². The molecule has 0 aliphatic carbocycles. The molecule has 0 atom stereocenters. The Balaban J connectivity index is 4.01. The zero-order valence-corrected chi connectivity index (χ0v) is 11.6. The fraction of sp³-hybridized carbons (Fsp3) is 1.00. The van der Waals surface area contributed by atoms with E-state index >= 15 is 0 Å². The summed E-state index contributed by atoms with van der Waals surface area (Å²) < 4.78 is 5.07. The van der Waals surface area contributed by atoms with Gasteiger partial charge in [-0.1, -0.05) is 29.8 Å². The molecule has 0 spiro atoms. The molecule has 0 rings (SSSR count). The fourth-order valence-electron chi connectivity index (χ4n) is 1.60. The fourth-order valence-corrected chi connectivity index (χ4v) is 2.57. The highest BCUT2D eigenvalue weighted by Crippen LogP contribution is 2.29. The summed E-state index contributed by atoms with van der Waals surface area (Å²) in [7, 11) is 3.92. The summed E-state index contributed by atoms with van der Waals surface area (Å²) in [4.78, 5) is 2.36. The second-order valence-corrected chi connectivity index (χ2v) is 4.63. The predicted molar refractivity (Wildman–Crippen MR) is 66.2 cm³/mol. The van der Waals surface area contributed by atoms with E-state index in [4.69, 9.17) is 4.74 Å². The van der Waals surface area contributed by atoms with Gasteiger partial charge in [-0.05, 0) is 25.3 Å². The van der Waals surface area contributed by atoms with Gasteiger partial charge in [0.05, 0.1) is 6.61 Å². The van der Waals surface area contributed by atoms with Crippen LogP contribution >= 0.6 is 15.9 Å². The van der Waals surface area contributed by atoms with E-state index < -0.39 is 0 Å². The molecule has 2 nitrogen and oxygen atoms in total. The Morgan fingerprint density at radius 1 is 1.29 bits per heavy atom. The van der Waals surface area contributed by atoms with Crippen molar-refractivity contribution in [3.63, 3.8) is 0 Å². The Morgan fingerprint density at radius 3 is 2.21 bits per heavy atom. The minimum absolute atomic E-state index is 0.433. The Bertz CT molecular complexity index is 129. The van der Waals surface area contributed by atoms with E-state index in [0.29, 0.717) is 5.41 Å². The van der Waals surface area contributed by atoms with Gasteiger partial charge in [-0.2, -0.15) is 0 Å². The van der Waals surface area contributed by atoms with Crippen molar-refractivity contribution in [2.75, 3.05) is 39.2 Å². The average Bonchev–Trinajstić information content (AvgIpc) is 2.23. The summed E-state index contributed by atoms with van der Waals surface area (Å²) in [6.45, 7) is 7.53. The van der Waals surface area contributed by atoms with Crippen molar-refractivity contribution in [2.24, 2.45) is 5.41 Å². The van der Waals surface area contributed by atoms with E-state index in [0.717, 1.165) is 25.0 Å². The van der Waals surface area contributed by atoms with Crippen LogP contribution in [0.5, 0.6) is 0 Å². The van der Waals surface area contributed by atoms with E-state index in [1.807, 2.05) is 0 Å². The van der Waals surface area contributed by atoms with Gasteiger partial charge in [0.1, 0.15) is 0 Å². The monoisotopic (exact) mass is 265 g/mol. The lowest BCUT2D eigenvalue weighted by Crippen LogP contribution is -2.37. The van der Waals surface area contributed by atoms with Crippen LogP contribution in [-0.2, 0) is 4.74 Å². The minimum Gasteiger partial charge on any atom is -0.383 e. The highest BCUT2D eigenvalue weighted by molar-refractivity contribution is 9.09. The molecule has 0 aliphatic heterocycles. The second kappa shape index (κ2) is 7.66. The lowest BCUT2D eigenvalue weighted by atomic mass is 9.84. The SMILES string of the molecule is CCC(CC)(CBr)CN(C)CCOC. The van der Waals surface area contributed by atoms with Crippen molar-refractivity contribution in [1.29, 1.82) is 0 Å². The first-order valence-electron chi connectivity index (χ1n) is 5.37. The average molecular weight is 266 g/mol. The van der Waals surface area contributed by atoms with Crippen LogP contribution in [0.25, 0.3) is 0 Å². The van der Waals surface area contributed by atoms with Gasteiger partial charge in [0, 0.05) is 25.5 Å². The number of halogens is 1. The molecule has 0 saturated carbocycles. The van der Waals surface area contributed by atoms with Crippen molar-refractivity contribution < 1.29 is 4.74 Å². The molecule has 0 saturated heterocycles. The van der Waals surface area contributed by atoms with Crippen LogP contribution < -0.4 is 0 Å². The molecule has 0 amide bonds. The lowest BCUT2D eigenvalue weighted by Gasteiger charge is -2.34. The first-order valence-corrected chi connectivity index (χ1v) is 6.49. The highest BCUT2D eigenvalue weighted by atomic mass is 79.9. The first-order chi connectivity index (χ1) is 6.64. The maximum atomic E-state index is 5.07. The third-order valence-electron chi connectivity index (χ3n) is 3.07. The van der Waals surface area contributed by atoms with Crippen LogP contribution in [0.2, 0.25) is 0 Å². The van der Waals surface area contributed by atoms with E-state index in [-0.39, 0.29) is 0 Å². The maximum absolute atomic E-state index is 5.07. The number of nitrogens with zero attached hydrogens (tertiary/aromatic N) is 1.